The van der Waals surface area contributed by atoms with Crippen LogP contribution in [0.2, 0.25) is 0 Å². The number of hydrogen-bond acceptors (Lipinski definition) is 4. The van der Waals surface area contributed by atoms with Gasteiger partial charge in [-0.05, 0) is 46.5 Å². The molecule has 19 heavy (non-hydrogen) atoms. The van der Waals surface area contributed by atoms with E-state index in [4.69, 9.17) is 9.47 Å². The summed E-state index contributed by atoms with van der Waals surface area (Å²) in [7, 11) is 1.42. The molecule has 0 aromatic heterocycles. The monoisotopic (exact) mass is 269 g/mol. The van der Waals surface area contributed by atoms with Crippen molar-refractivity contribution in [3.8, 4) is 0 Å². The second kappa shape index (κ2) is 5.02. The summed E-state index contributed by atoms with van der Waals surface area (Å²) in [5, 5.41) is 0. The molecule has 2 heterocycles. The van der Waals surface area contributed by atoms with E-state index in [0.29, 0.717) is 12.8 Å². The number of methoxy groups -OCH3 is 1. The van der Waals surface area contributed by atoms with Gasteiger partial charge in [0.2, 0.25) is 0 Å². The van der Waals surface area contributed by atoms with E-state index < -0.39 is 5.60 Å². The zero-order valence-electron chi connectivity index (χ0n) is 12.1. The number of rotatable bonds is 1. The molecule has 5 nitrogen and oxygen atoms in total. The van der Waals surface area contributed by atoms with Crippen LogP contribution in [0.5, 0.6) is 0 Å². The Balaban J connectivity index is 2.03. The SMILES string of the molecule is COC(=O)C1C[C@@H]2CC[C@@H](C1)N2C(=O)OC(C)(C)C. The second-order valence-corrected chi connectivity index (χ2v) is 6.46. The number of ether oxygens (including phenoxy) is 2. The summed E-state index contributed by atoms with van der Waals surface area (Å²) in [4.78, 5) is 25.7. The lowest BCUT2D eigenvalue weighted by atomic mass is 9.91. The maximum atomic E-state index is 12.2. The first-order chi connectivity index (χ1) is 8.81. The smallest absolute Gasteiger partial charge is 0.410 e. The highest BCUT2D eigenvalue weighted by atomic mass is 16.6. The highest BCUT2D eigenvalue weighted by molar-refractivity contribution is 5.74. The summed E-state index contributed by atoms with van der Waals surface area (Å²) < 4.78 is 10.3. The van der Waals surface area contributed by atoms with Crippen molar-refractivity contribution in [3.63, 3.8) is 0 Å². The number of esters is 1. The highest BCUT2D eigenvalue weighted by Gasteiger charge is 2.46. The molecule has 2 rings (SSSR count). The molecule has 0 spiro atoms. The van der Waals surface area contributed by atoms with Gasteiger partial charge in [0.05, 0.1) is 13.0 Å². The van der Waals surface area contributed by atoms with Gasteiger partial charge in [-0.15, -0.1) is 0 Å². The van der Waals surface area contributed by atoms with Crippen molar-refractivity contribution in [2.75, 3.05) is 7.11 Å². The van der Waals surface area contributed by atoms with Crippen molar-refractivity contribution < 1.29 is 19.1 Å². The van der Waals surface area contributed by atoms with Crippen LogP contribution in [0.1, 0.15) is 46.5 Å². The third-order valence-corrected chi connectivity index (χ3v) is 3.87. The summed E-state index contributed by atoms with van der Waals surface area (Å²) in [5.74, 6) is -0.220. The van der Waals surface area contributed by atoms with Crippen LogP contribution in [0, 0.1) is 5.92 Å². The van der Waals surface area contributed by atoms with E-state index in [1.165, 1.54) is 7.11 Å². The summed E-state index contributed by atoms with van der Waals surface area (Å²) in [6, 6.07) is 0.246. The van der Waals surface area contributed by atoms with Gasteiger partial charge in [-0.1, -0.05) is 0 Å². The average Bonchev–Trinajstić information content (AvgIpc) is 2.57. The van der Waals surface area contributed by atoms with Crippen LogP contribution < -0.4 is 0 Å². The maximum absolute atomic E-state index is 12.2. The molecule has 2 atom stereocenters. The normalized spacial score (nSPS) is 30.1. The Bertz CT molecular complexity index is 360. The van der Waals surface area contributed by atoms with Crippen LogP contribution in [0.4, 0.5) is 4.79 Å². The predicted molar refractivity (Wildman–Crippen MR) is 69.6 cm³/mol. The minimum Gasteiger partial charge on any atom is -0.469 e. The number of hydrogen-bond donors (Lipinski definition) is 0. The van der Waals surface area contributed by atoms with E-state index in [9.17, 15) is 9.59 Å². The molecule has 1 amide bonds. The Morgan fingerprint density at radius 2 is 1.63 bits per heavy atom. The van der Waals surface area contributed by atoms with Gasteiger partial charge in [-0.3, -0.25) is 4.79 Å². The van der Waals surface area contributed by atoms with Gasteiger partial charge in [-0.2, -0.15) is 0 Å². The Labute approximate surface area is 114 Å². The van der Waals surface area contributed by atoms with E-state index in [-0.39, 0.29) is 30.1 Å². The molecular weight excluding hydrogens is 246 g/mol. The van der Waals surface area contributed by atoms with Gasteiger partial charge >= 0.3 is 12.1 Å². The Morgan fingerprint density at radius 3 is 2.05 bits per heavy atom. The van der Waals surface area contributed by atoms with Crippen molar-refractivity contribution in [3.05, 3.63) is 0 Å². The van der Waals surface area contributed by atoms with Crippen LogP contribution in [0.25, 0.3) is 0 Å². The van der Waals surface area contributed by atoms with Crippen LogP contribution in [0.3, 0.4) is 0 Å². The lowest BCUT2D eigenvalue weighted by Gasteiger charge is -2.38. The number of fused-ring (bicyclic) bond motifs is 2. The van der Waals surface area contributed by atoms with Crippen LogP contribution in [-0.2, 0) is 14.3 Å². The molecule has 2 aliphatic heterocycles. The average molecular weight is 269 g/mol. The first-order valence-corrected chi connectivity index (χ1v) is 6.91. The lowest BCUT2D eigenvalue weighted by Crippen LogP contribution is -2.49. The summed E-state index contributed by atoms with van der Waals surface area (Å²) in [5.41, 5.74) is -0.476. The molecular formula is C14H23NO4. The second-order valence-electron chi connectivity index (χ2n) is 6.46. The minimum absolute atomic E-state index is 0.0683. The zero-order valence-corrected chi connectivity index (χ0v) is 12.1. The van der Waals surface area contributed by atoms with Gasteiger partial charge in [0, 0.05) is 12.1 Å². The van der Waals surface area contributed by atoms with Crippen molar-refractivity contribution in [2.24, 2.45) is 5.92 Å². The Morgan fingerprint density at radius 1 is 1.11 bits per heavy atom. The molecule has 0 N–H and O–H groups in total. The van der Waals surface area contributed by atoms with E-state index in [2.05, 4.69) is 0 Å². The summed E-state index contributed by atoms with van der Waals surface area (Å²) in [6.07, 6.45) is 3.06. The standard InChI is InChI=1S/C14H23NO4/c1-14(2,3)19-13(17)15-10-5-6-11(15)8-9(7-10)12(16)18-4/h9-11H,5-8H2,1-4H3/t10-,11-/m0/s1. The number of piperidine rings is 1. The van der Waals surface area contributed by atoms with E-state index >= 15 is 0 Å². The van der Waals surface area contributed by atoms with Crippen LogP contribution in [0.15, 0.2) is 0 Å². The van der Waals surface area contributed by atoms with Crippen LogP contribution >= 0.6 is 0 Å². The first kappa shape index (κ1) is 14.2. The first-order valence-electron chi connectivity index (χ1n) is 6.91. The van der Waals surface area contributed by atoms with Crippen molar-refractivity contribution in [1.29, 1.82) is 0 Å². The molecule has 0 radical (unpaired) electrons. The lowest BCUT2D eigenvalue weighted by molar-refractivity contribution is -0.148. The van der Waals surface area contributed by atoms with Gasteiger partial charge in [0.1, 0.15) is 5.60 Å². The fraction of sp³-hybridized carbons (Fsp3) is 0.857. The third-order valence-electron chi connectivity index (χ3n) is 3.87. The Kier molecular flexibility index (Phi) is 3.74. The third kappa shape index (κ3) is 3.01. The topological polar surface area (TPSA) is 55.8 Å². The fourth-order valence-corrected chi connectivity index (χ4v) is 3.15. The molecule has 0 unspecified atom stereocenters. The highest BCUT2D eigenvalue weighted by Crippen LogP contribution is 2.39. The molecule has 0 aromatic carbocycles. The van der Waals surface area contributed by atoms with Gasteiger partial charge in [-0.25, -0.2) is 4.79 Å². The molecule has 2 saturated heterocycles. The van der Waals surface area contributed by atoms with E-state index in [0.717, 1.165) is 12.8 Å². The summed E-state index contributed by atoms with van der Waals surface area (Å²) in [6.45, 7) is 5.61. The van der Waals surface area contributed by atoms with Crippen molar-refractivity contribution in [1.82, 2.24) is 4.90 Å². The molecule has 2 bridgehead atoms. The Hall–Kier alpha value is -1.26. The van der Waals surface area contributed by atoms with E-state index in [1.807, 2.05) is 25.7 Å². The van der Waals surface area contributed by atoms with Gasteiger partial charge < -0.3 is 14.4 Å². The fourth-order valence-electron chi connectivity index (χ4n) is 3.15. The number of carbonyl (C=O) groups is 2. The quantitative estimate of drug-likeness (QED) is 0.686. The molecule has 108 valence electrons. The summed E-state index contributed by atoms with van der Waals surface area (Å²) >= 11 is 0. The largest absolute Gasteiger partial charge is 0.469 e. The molecule has 2 aliphatic rings. The van der Waals surface area contributed by atoms with Crippen molar-refractivity contribution in [2.45, 2.75) is 64.1 Å². The number of amides is 1. The predicted octanol–water partition coefficient (Wildman–Crippen LogP) is 2.34. The molecule has 0 saturated carbocycles. The zero-order chi connectivity index (χ0) is 14.2. The van der Waals surface area contributed by atoms with Crippen molar-refractivity contribution >= 4 is 12.1 Å². The minimum atomic E-state index is -0.476. The van der Waals surface area contributed by atoms with Gasteiger partial charge in [0.25, 0.3) is 0 Å². The molecule has 0 aromatic rings. The van der Waals surface area contributed by atoms with Crippen LogP contribution in [-0.4, -0.2) is 41.8 Å². The number of carbonyl (C=O) groups excluding carboxylic acids is 2. The molecule has 5 heteroatoms. The van der Waals surface area contributed by atoms with Gasteiger partial charge in [0.15, 0.2) is 0 Å². The number of nitrogens with zero attached hydrogens (tertiary/aromatic N) is 1. The molecule has 2 fully saturated rings. The molecule has 0 aliphatic carbocycles. The van der Waals surface area contributed by atoms with E-state index in [1.54, 1.807) is 0 Å². The maximum Gasteiger partial charge on any atom is 0.410 e.